The molecule has 1 aromatic rings. The standard InChI is InChI=1S/C14H18ClF/c1-13(2)12(14(13,3)4)8-9-10(15)6-5-7-11(9)16/h5-7,12H,8H2,1-4H3. The van der Waals surface area contributed by atoms with Crippen molar-refractivity contribution in [2.45, 2.75) is 34.1 Å². The van der Waals surface area contributed by atoms with Crippen molar-refractivity contribution in [2.75, 3.05) is 0 Å². The third kappa shape index (κ3) is 1.57. The van der Waals surface area contributed by atoms with Crippen molar-refractivity contribution < 1.29 is 4.39 Å². The summed E-state index contributed by atoms with van der Waals surface area (Å²) in [5.41, 5.74) is 1.23. The van der Waals surface area contributed by atoms with Gasteiger partial charge in [-0.1, -0.05) is 45.4 Å². The molecule has 16 heavy (non-hydrogen) atoms. The van der Waals surface area contributed by atoms with Gasteiger partial charge in [0, 0.05) is 10.6 Å². The molecular weight excluding hydrogens is 223 g/mol. The normalized spacial score (nSPS) is 22.1. The first-order valence-corrected chi connectivity index (χ1v) is 6.09. The average Bonchev–Trinajstić information content (AvgIpc) is 2.53. The van der Waals surface area contributed by atoms with Crippen LogP contribution >= 0.6 is 11.6 Å². The Balaban J connectivity index is 2.25. The van der Waals surface area contributed by atoms with E-state index in [1.807, 2.05) is 0 Å². The van der Waals surface area contributed by atoms with Gasteiger partial charge in [0.15, 0.2) is 0 Å². The first-order valence-electron chi connectivity index (χ1n) is 5.71. The van der Waals surface area contributed by atoms with Crippen molar-refractivity contribution in [2.24, 2.45) is 16.7 Å². The molecule has 0 atom stereocenters. The fourth-order valence-electron chi connectivity index (χ4n) is 2.77. The Kier molecular flexibility index (Phi) is 2.58. The molecule has 1 aromatic carbocycles. The van der Waals surface area contributed by atoms with Gasteiger partial charge in [-0.05, 0) is 35.3 Å². The summed E-state index contributed by atoms with van der Waals surface area (Å²) in [5, 5.41) is 0.554. The van der Waals surface area contributed by atoms with Gasteiger partial charge >= 0.3 is 0 Å². The van der Waals surface area contributed by atoms with Crippen LogP contribution in [0.1, 0.15) is 33.3 Å². The van der Waals surface area contributed by atoms with Crippen molar-refractivity contribution in [1.29, 1.82) is 0 Å². The molecule has 2 rings (SSSR count). The topological polar surface area (TPSA) is 0 Å². The second-order valence-electron chi connectivity index (χ2n) is 5.90. The molecule has 1 saturated carbocycles. The van der Waals surface area contributed by atoms with Gasteiger partial charge in [0.25, 0.3) is 0 Å². The minimum Gasteiger partial charge on any atom is -0.207 e. The molecule has 0 unspecified atom stereocenters. The molecule has 0 radical (unpaired) electrons. The van der Waals surface area contributed by atoms with Gasteiger partial charge in [-0.2, -0.15) is 0 Å². The van der Waals surface area contributed by atoms with E-state index in [0.717, 1.165) is 6.42 Å². The highest BCUT2D eigenvalue weighted by molar-refractivity contribution is 6.31. The molecule has 88 valence electrons. The Morgan fingerprint density at radius 3 is 2.19 bits per heavy atom. The van der Waals surface area contributed by atoms with Gasteiger partial charge in [-0.15, -0.1) is 0 Å². The van der Waals surface area contributed by atoms with E-state index >= 15 is 0 Å². The minimum atomic E-state index is -0.175. The zero-order valence-corrected chi connectivity index (χ0v) is 11.0. The number of halogens is 2. The molecule has 2 heteroatoms. The second kappa shape index (κ2) is 3.46. The Labute approximate surface area is 102 Å². The smallest absolute Gasteiger partial charge is 0.127 e. The maximum atomic E-state index is 13.7. The van der Waals surface area contributed by atoms with Gasteiger partial charge < -0.3 is 0 Å². The molecule has 0 heterocycles. The molecule has 0 nitrogen and oxygen atoms in total. The SMILES string of the molecule is CC1(C)C(Cc2c(F)cccc2Cl)C1(C)C. The lowest BCUT2D eigenvalue weighted by molar-refractivity contribution is 0.457. The fourth-order valence-corrected chi connectivity index (χ4v) is 3.02. The van der Waals surface area contributed by atoms with Gasteiger partial charge in [0.2, 0.25) is 0 Å². The number of benzene rings is 1. The van der Waals surface area contributed by atoms with Crippen LogP contribution in [0.25, 0.3) is 0 Å². The molecular formula is C14H18ClF. The van der Waals surface area contributed by atoms with Crippen molar-refractivity contribution in [3.63, 3.8) is 0 Å². The molecule has 0 aliphatic heterocycles. The maximum Gasteiger partial charge on any atom is 0.127 e. The van der Waals surface area contributed by atoms with Gasteiger partial charge in [0.05, 0.1) is 0 Å². The Hall–Kier alpha value is -0.560. The van der Waals surface area contributed by atoms with Crippen LogP contribution < -0.4 is 0 Å². The van der Waals surface area contributed by atoms with Gasteiger partial charge in [0.1, 0.15) is 5.82 Å². The molecule has 0 bridgehead atoms. The Morgan fingerprint density at radius 2 is 1.75 bits per heavy atom. The third-order valence-corrected chi connectivity index (χ3v) is 5.14. The van der Waals surface area contributed by atoms with E-state index < -0.39 is 0 Å². The van der Waals surface area contributed by atoms with Crippen LogP contribution in [0.2, 0.25) is 5.02 Å². The summed E-state index contributed by atoms with van der Waals surface area (Å²) in [4.78, 5) is 0. The molecule has 0 saturated heterocycles. The summed E-state index contributed by atoms with van der Waals surface area (Å²) >= 11 is 6.05. The van der Waals surface area contributed by atoms with E-state index in [1.165, 1.54) is 6.07 Å². The lowest BCUT2D eigenvalue weighted by atomic mass is 10.0. The molecule has 1 aliphatic carbocycles. The zero-order valence-electron chi connectivity index (χ0n) is 10.3. The van der Waals surface area contributed by atoms with E-state index in [4.69, 9.17) is 11.6 Å². The van der Waals surface area contributed by atoms with Gasteiger partial charge in [-0.25, -0.2) is 4.39 Å². The van der Waals surface area contributed by atoms with E-state index in [-0.39, 0.29) is 16.6 Å². The highest BCUT2D eigenvalue weighted by Gasteiger charge is 2.64. The minimum absolute atomic E-state index is 0.175. The predicted molar refractivity (Wildman–Crippen MR) is 66.2 cm³/mol. The van der Waals surface area contributed by atoms with Crippen LogP contribution in [0, 0.1) is 22.6 Å². The quantitative estimate of drug-likeness (QED) is 0.703. The largest absolute Gasteiger partial charge is 0.207 e. The molecule has 0 amide bonds. The molecule has 0 aromatic heterocycles. The van der Waals surface area contributed by atoms with Crippen LogP contribution in [0.3, 0.4) is 0 Å². The van der Waals surface area contributed by atoms with Crippen LogP contribution in [0.15, 0.2) is 18.2 Å². The number of rotatable bonds is 2. The van der Waals surface area contributed by atoms with Crippen LogP contribution in [0.5, 0.6) is 0 Å². The molecule has 0 spiro atoms. The van der Waals surface area contributed by atoms with Crippen LogP contribution in [-0.2, 0) is 6.42 Å². The zero-order chi connectivity index (χ0) is 12.1. The fraction of sp³-hybridized carbons (Fsp3) is 0.571. The van der Waals surface area contributed by atoms with Crippen molar-refractivity contribution in [3.8, 4) is 0 Å². The summed E-state index contributed by atoms with van der Waals surface area (Å²) in [5.74, 6) is 0.334. The molecule has 1 fully saturated rings. The highest BCUT2D eigenvalue weighted by Crippen LogP contribution is 2.69. The van der Waals surface area contributed by atoms with Gasteiger partial charge in [-0.3, -0.25) is 0 Å². The number of hydrogen-bond acceptors (Lipinski definition) is 0. The predicted octanol–water partition coefficient (Wildman–Crippen LogP) is 4.70. The van der Waals surface area contributed by atoms with E-state index in [1.54, 1.807) is 12.1 Å². The van der Waals surface area contributed by atoms with Crippen molar-refractivity contribution in [3.05, 3.63) is 34.6 Å². The van der Waals surface area contributed by atoms with Crippen molar-refractivity contribution in [1.82, 2.24) is 0 Å². The molecule has 1 aliphatic rings. The lowest BCUT2D eigenvalue weighted by Crippen LogP contribution is -1.98. The lowest BCUT2D eigenvalue weighted by Gasteiger charge is -2.06. The summed E-state index contributed by atoms with van der Waals surface area (Å²) in [6.45, 7) is 8.97. The highest BCUT2D eigenvalue weighted by atomic mass is 35.5. The first-order chi connectivity index (χ1) is 7.28. The number of hydrogen-bond donors (Lipinski definition) is 0. The first kappa shape index (κ1) is 11.9. The average molecular weight is 241 g/mol. The summed E-state index contributed by atoms with van der Waals surface area (Å²) in [7, 11) is 0. The second-order valence-corrected chi connectivity index (χ2v) is 6.31. The molecule has 0 N–H and O–H groups in total. The van der Waals surface area contributed by atoms with Crippen molar-refractivity contribution >= 4 is 11.6 Å². The third-order valence-electron chi connectivity index (χ3n) is 4.79. The summed E-state index contributed by atoms with van der Waals surface area (Å²) in [6, 6.07) is 4.91. The summed E-state index contributed by atoms with van der Waals surface area (Å²) < 4.78 is 13.7. The summed E-state index contributed by atoms with van der Waals surface area (Å²) in [6.07, 6.45) is 0.742. The van der Waals surface area contributed by atoms with Crippen LogP contribution in [-0.4, -0.2) is 0 Å². The van der Waals surface area contributed by atoms with E-state index in [2.05, 4.69) is 27.7 Å². The van der Waals surface area contributed by atoms with Crippen LogP contribution in [0.4, 0.5) is 4.39 Å². The van der Waals surface area contributed by atoms with E-state index in [9.17, 15) is 4.39 Å². The monoisotopic (exact) mass is 240 g/mol. The van der Waals surface area contributed by atoms with E-state index in [0.29, 0.717) is 16.5 Å². The maximum absolute atomic E-state index is 13.7. The Bertz CT molecular complexity index is 386. The Morgan fingerprint density at radius 1 is 1.19 bits per heavy atom.